The fraction of sp³-hybridized carbons (Fsp3) is 0.267. The number of fused-ring (bicyclic) bond motifs is 3. The van der Waals surface area contributed by atoms with Crippen molar-refractivity contribution in [1.82, 2.24) is 0 Å². The van der Waals surface area contributed by atoms with E-state index in [0.29, 0.717) is 40.1 Å². The number of hydrogen-bond donors (Lipinski definition) is 1. The minimum absolute atomic E-state index is 0.0108. The molecule has 1 fully saturated rings. The molecule has 7 heteroatoms. The highest BCUT2D eigenvalue weighted by atomic mass is 16.5. The molecule has 37 heavy (non-hydrogen) atoms. The van der Waals surface area contributed by atoms with Crippen LogP contribution in [0.1, 0.15) is 31.2 Å². The first-order valence-corrected chi connectivity index (χ1v) is 12.3. The van der Waals surface area contributed by atoms with Crippen LogP contribution in [0.15, 0.2) is 83.0 Å². The first-order valence-electron chi connectivity index (χ1n) is 12.3. The molecule has 4 aliphatic rings. The first-order chi connectivity index (χ1) is 17.8. The molecule has 2 aromatic rings. The van der Waals surface area contributed by atoms with E-state index < -0.39 is 23.7 Å². The molecule has 6 rings (SSSR count). The topological polar surface area (TPSA) is 101 Å². The van der Waals surface area contributed by atoms with Crippen LogP contribution in [0.2, 0.25) is 0 Å². The van der Waals surface area contributed by atoms with Gasteiger partial charge in [-0.2, -0.15) is 0 Å². The number of rotatable bonds is 3. The zero-order valence-electron chi connectivity index (χ0n) is 20.4. The quantitative estimate of drug-likeness (QED) is 0.392. The lowest BCUT2D eigenvalue weighted by atomic mass is 9.59. The molecule has 1 N–H and O–H groups in total. The Morgan fingerprint density at radius 1 is 0.973 bits per heavy atom. The Bertz CT molecular complexity index is 1480. The second-order valence-corrected chi connectivity index (χ2v) is 10.0. The van der Waals surface area contributed by atoms with Crippen molar-refractivity contribution in [2.75, 3.05) is 12.0 Å². The van der Waals surface area contributed by atoms with Gasteiger partial charge in [0.1, 0.15) is 11.5 Å². The van der Waals surface area contributed by atoms with Gasteiger partial charge in [-0.15, -0.1) is 0 Å². The van der Waals surface area contributed by atoms with Gasteiger partial charge in [0.15, 0.2) is 11.6 Å². The molecule has 3 aliphatic carbocycles. The molecule has 0 radical (unpaired) electrons. The highest BCUT2D eigenvalue weighted by molar-refractivity contribution is 6.25. The molecule has 0 spiro atoms. The van der Waals surface area contributed by atoms with Gasteiger partial charge in [-0.25, -0.2) is 0 Å². The number of para-hydroxylation sites is 1. The smallest absolute Gasteiger partial charge is 0.238 e. The molecule has 0 saturated carbocycles. The number of aromatic hydroxyl groups is 1. The molecule has 0 unspecified atom stereocenters. The Balaban J connectivity index is 1.52. The van der Waals surface area contributed by atoms with E-state index in [0.717, 1.165) is 5.57 Å². The maximum absolute atomic E-state index is 13.8. The molecule has 0 bridgehead atoms. The molecule has 2 amide bonds. The summed E-state index contributed by atoms with van der Waals surface area (Å²) in [5, 5.41) is 10.1. The first kappa shape index (κ1) is 23.2. The number of ether oxygens (including phenoxy) is 1. The van der Waals surface area contributed by atoms with Crippen LogP contribution in [0.25, 0.3) is 0 Å². The standard InChI is InChI=1S/C30H25NO6/c1-15-12-23(33)27-22(28(15)34)14-21-18(25(27)19-9-8-17(32)13-24(19)37-2)10-11-20-26(21)30(36)31(29(20)35)16-6-4-3-5-7-16/h3-10,12-13,20-21,25-26,32H,11,14H2,1-2H3/t20-,21+,25+,26-/m0/s1. The summed E-state index contributed by atoms with van der Waals surface area (Å²) < 4.78 is 5.57. The predicted molar refractivity (Wildman–Crippen MR) is 135 cm³/mol. The number of carbonyl (C=O) groups excluding carboxylic acids is 4. The summed E-state index contributed by atoms with van der Waals surface area (Å²) in [7, 11) is 1.48. The summed E-state index contributed by atoms with van der Waals surface area (Å²) in [6, 6.07) is 13.6. The van der Waals surface area contributed by atoms with E-state index in [1.54, 1.807) is 37.3 Å². The normalized spacial score (nSPS) is 26.9. The molecule has 4 atom stereocenters. The molecule has 7 nitrogen and oxygen atoms in total. The number of imide groups is 1. The van der Waals surface area contributed by atoms with Crippen molar-refractivity contribution in [2.24, 2.45) is 17.8 Å². The summed E-state index contributed by atoms with van der Waals surface area (Å²) in [6.45, 7) is 1.62. The monoisotopic (exact) mass is 495 g/mol. The van der Waals surface area contributed by atoms with Crippen LogP contribution in [0.4, 0.5) is 5.69 Å². The minimum atomic E-state index is -0.638. The second-order valence-electron chi connectivity index (χ2n) is 10.0. The Morgan fingerprint density at radius 2 is 1.73 bits per heavy atom. The van der Waals surface area contributed by atoms with Crippen molar-refractivity contribution in [3.8, 4) is 11.5 Å². The molecule has 2 aromatic carbocycles. The van der Waals surface area contributed by atoms with Gasteiger partial charge in [0.25, 0.3) is 0 Å². The van der Waals surface area contributed by atoms with Crippen molar-refractivity contribution in [3.05, 3.63) is 88.5 Å². The van der Waals surface area contributed by atoms with Gasteiger partial charge in [0.05, 0.1) is 24.6 Å². The number of carbonyl (C=O) groups is 4. The van der Waals surface area contributed by atoms with Gasteiger partial charge in [0, 0.05) is 34.3 Å². The Morgan fingerprint density at radius 3 is 2.46 bits per heavy atom. The number of phenolic OH excluding ortho intramolecular Hbond substituents is 1. The van der Waals surface area contributed by atoms with Crippen molar-refractivity contribution < 1.29 is 29.0 Å². The summed E-state index contributed by atoms with van der Waals surface area (Å²) >= 11 is 0. The number of methoxy groups -OCH3 is 1. The maximum atomic E-state index is 13.8. The van der Waals surface area contributed by atoms with Crippen LogP contribution < -0.4 is 9.64 Å². The lowest BCUT2D eigenvalue weighted by Gasteiger charge is -2.42. The molecular formula is C30H25NO6. The summed E-state index contributed by atoms with van der Waals surface area (Å²) in [4.78, 5) is 55.3. The number of phenols is 1. The lowest BCUT2D eigenvalue weighted by molar-refractivity contribution is -0.123. The van der Waals surface area contributed by atoms with Gasteiger partial charge >= 0.3 is 0 Å². The highest BCUT2D eigenvalue weighted by Crippen LogP contribution is 2.56. The third-order valence-corrected chi connectivity index (χ3v) is 8.10. The van der Waals surface area contributed by atoms with Gasteiger partial charge in [-0.1, -0.05) is 35.9 Å². The third kappa shape index (κ3) is 3.34. The van der Waals surface area contributed by atoms with Crippen LogP contribution in [-0.2, 0) is 19.2 Å². The Hall–Kier alpha value is -4.26. The number of benzene rings is 2. The zero-order valence-corrected chi connectivity index (χ0v) is 20.4. The van der Waals surface area contributed by atoms with Crippen LogP contribution in [-0.4, -0.2) is 35.6 Å². The van der Waals surface area contributed by atoms with Crippen LogP contribution in [0, 0.1) is 17.8 Å². The van der Waals surface area contributed by atoms with E-state index in [-0.39, 0.29) is 35.6 Å². The van der Waals surface area contributed by atoms with E-state index in [1.807, 2.05) is 12.1 Å². The number of allylic oxidation sites excluding steroid dienone is 6. The van der Waals surface area contributed by atoms with Crippen molar-refractivity contribution >= 4 is 29.1 Å². The number of ketones is 2. The van der Waals surface area contributed by atoms with E-state index >= 15 is 0 Å². The van der Waals surface area contributed by atoms with Crippen LogP contribution >= 0.6 is 0 Å². The molecule has 0 aromatic heterocycles. The van der Waals surface area contributed by atoms with Gasteiger partial charge < -0.3 is 9.84 Å². The van der Waals surface area contributed by atoms with Gasteiger partial charge in [-0.3, -0.25) is 24.1 Å². The summed E-state index contributed by atoms with van der Waals surface area (Å²) in [5.41, 5.74) is 3.15. The van der Waals surface area contributed by atoms with Crippen molar-refractivity contribution in [2.45, 2.75) is 25.7 Å². The Labute approximate surface area is 213 Å². The van der Waals surface area contributed by atoms with E-state index in [2.05, 4.69) is 0 Å². The number of anilines is 1. The van der Waals surface area contributed by atoms with Gasteiger partial charge in [0.2, 0.25) is 11.8 Å². The van der Waals surface area contributed by atoms with E-state index in [1.165, 1.54) is 30.2 Å². The molecule has 1 heterocycles. The SMILES string of the molecule is COc1cc(O)ccc1[C@H]1C2=CC[C@@H]3C(=O)N(c4ccccc4)C(=O)[C@@H]3[C@@H]2CC2=C1C(=O)C=C(C)C2=O. The predicted octanol–water partition coefficient (Wildman–Crippen LogP) is 4.03. The fourth-order valence-electron chi connectivity index (χ4n) is 6.51. The average molecular weight is 496 g/mol. The average Bonchev–Trinajstić information content (AvgIpc) is 3.16. The molecule has 1 saturated heterocycles. The number of Topliss-reactive ketones (excluding diaryl/α,β-unsaturated/α-hetero) is 1. The number of hydrogen-bond acceptors (Lipinski definition) is 6. The minimum Gasteiger partial charge on any atom is -0.508 e. The molecule has 1 aliphatic heterocycles. The molecule has 186 valence electrons. The molecular weight excluding hydrogens is 470 g/mol. The summed E-state index contributed by atoms with van der Waals surface area (Å²) in [5.74, 6) is -2.80. The van der Waals surface area contributed by atoms with Crippen molar-refractivity contribution in [3.63, 3.8) is 0 Å². The van der Waals surface area contributed by atoms with Crippen molar-refractivity contribution in [1.29, 1.82) is 0 Å². The zero-order chi connectivity index (χ0) is 26.0. The largest absolute Gasteiger partial charge is 0.508 e. The third-order valence-electron chi connectivity index (χ3n) is 8.10. The van der Waals surface area contributed by atoms with Gasteiger partial charge in [-0.05, 0) is 50.0 Å². The summed E-state index contributed by atoms with van der Waals surface area (Å²) in [6.07, 6.45) is 3.92. The number of nitrogens with zero attached hydrogens (tertiary/aromatic N) is 1. The van der Waals surface area contributed by atoms with E-state index in [4.69, 9.17) is 4.74 Å². The number of amides is 2. The second kappa shape index (κ2) is 8.40. The Kier molecular flexibility index (Phi) is 5.26. The highest BCUT2D eigenvalue weighted by Gasteiger charge is 2.56. The lowest BCUT2D eigenvalue weighted by Crippen LogP contribution is -2.39. The maximum Gasteiger partial charge on any atom is 0.238 e. The van der Waals surface area contributed by atoms with Crippen LogP contribution in [0.3, 0.4) is 0 Å². The van der Waals surface area contributed by atoms with Crippen LogP contribution in [0.5, 0.6) is 11.5 Å². The fourth-order valence-corrected chi connectivity index (χ4v) is 6.51. The van der Waals surface area contributed by atoms with E-state index in [9.17, 15) is 24.3 Å².